The Morgan fingerprint density at radius 1 is 1.25 bits per heavy atom. The average Bonchev–Trinajstić information content (AvgIpc) is 3.40. The maximum absolute atomic E-state index is 12.4. The molecule has 32 heavy (non-hydrogen) atoms. The summed E-state index contributed by atoms with van der Waals surface area (Å²) in [6, 6.07) is 9.95. The van der Waals surface area contributed by atoms with Crippen molar-refractivity contribution >= 4 is 32.0 Å². The van der Waals surface area contributed by atoms with Crippen LogP contribution < -0.4 is 4.74 Å². The smallest absolute Gasteiger partial charge is 0.213 e. The second-order valence-corrected chi connectivity index (χ2v) is 10.2. The van der Waals surface area contributed by atoms with E-state index in [1.165, 1.54) is 10.6 Å². The van der Waals surface area contributed by atoms with Crippen LogP contribution in [0, 0.1) is 11.3 Å². The third-order valence-electron chi connectivity index (χ3n) is 6.24. The molecule has 1 aliphatic heterocycles. The maximum atomic E-state index is 12.4. The second-order valence-electron chi connectivity index (χ2n) is 7.99. The number of aromatic nitrogens is 4. The molecule has 1 saturated heterocycles. The van der Waals surface area contributed by atoms with Crippen LogP contribution in [0.3, 0.4) is 0 Å². The highest BCUT2D eigenvalue weighted by atomic mass is 32.2. The van der Waals surface area contributed by atoms with Crippen molar-refractivity contribution in [2.45, 2.75) is 18.9 Å². The minimum atomic E-state index is -3.32. The van der Waals surface area contributed by atoms with Crippen molar-refractivity contribution in [3.8, 4) is 23.1 Å². The Kier molecular flexibility index (Phi) is 4.69. The molecule has 0 unspecified atom stereocenters. The molecule has 0 amide bonds. The standard InChI is InChI=1S/C22H22N6O3S/c1-3-32(29,30)27-12-22(13-27,7-8-23)28-11-18(17-10-15(31-2)4-5-19(17)28)20-16-6-9-24-21(16)26-14-25-20/h4-6,9-11,14H,3,7,12-13H2,1-2H3,(H,24,25,26). The van der Waals surface area contributed by atoms with Gasteiger partial charge in [-0.25, -0.2) is 18.4 Å². The number of methoxy groups -OCH3 is 1. The summed E-state index contributed by atoms with van der Waals surface area (Å²) in [7, 11) is -1.71. The van der Waals surface area contributed by atoms with E-state index in [4.69, 9.17) is 4.74 Å². The van der Waals surface area contributed by atoms with Crippen molar-refractivity contribution < 1.29 is 13.2 Å². The van der Waals surface area contributed by atoms with Crippen LogP contribution in [-0.4, -0.2) is 58.2 Å². The molecule has 1 N–H and O–H groups in total. The third-order valence-corrected chi connectivity index (χ3v) is 8.01. The van der Waals surface area contributed by atoms with E-state index >= 15 is 0 Å². The number of sulfonamides is 1. The van der Waals surface area contributed by atoms with E-state index in [0.29, 0.717) is 5.75 Å². The molecule has 1 fully saturated rings. The van der Waals surface area contributed by atoms with Gasteiger partial charge in [-0.1, -0.05) is 0 Å². The van der Waals surface area contributed by atoms with Gasteiger partial charge in [0.05, 0.1) is 36.6 Å². The van der Waals surface area contributed by atoms with Crippen molar-refractivity contribution in [1.29, 1.82) is 5.26 Å². The summed E-state index contributed by atoms with van der Waals surface area (Å²) in [4.78, 5) is 11.9. The quantitative estimate of drug-likeness (QED) is 0.483. The van der Waals surface area contributed by atoms with Gasteiger partial charge in [0.25, 0.3) is 0 Å². The first-order chi connectivity index (χ1) is 15.4. The first-order valence-corrected chi connectivity index (χ1v) is 11.9. The molecule has 9 nitrogen and oxygen atoms in total. The summed E-state index contributed by atoms with van der Waals surface area (Å²) < 4.78 is 33.7. The largest absolute Gasteiger partial charge is 0.497 e. The van der Waals surface area contributed by atoms with Crippen LogP contribution in [0.4, 0.5) is 0 Å². The molecule has 1 aliphatic rings. The summed E-state index contributed by atoms with van der Waals surface area (Å²) in [6.07, 6.45) is 5.51. The lowest BCUT2D eigenvalue weighted by Gasteiger charge is -2.49. The van der Waals surface area contributed by atoms with Gasteiger partial charge in [-0.3, -0.25) is 0 Å². The minimum Gasteiger partial charge on any atom is -0.497 e. The Balaban J connectivity index is 1.73. The normalized spacial score (nSPS) is 16.2. The number of hydrogen-bond acceptors (Lipinski definition) is 6. The number of H-pyrrole nitrogens is 1. The van der Waals surface area contributed by atoms with E-state index in [0.717, 1.165) is 33.2 Å². The molecule has 0 bridgehead atoms. The highest BCUT2D eigenvalue weighted by Crippen LogP contribution is 2.42. The second kappa shape index (κ2) is 7.32. The monoisotopic (exact) mass is 450 g/mol. The fourth-order valence-electron chi connectivity index (χ4n) is 4.49. The minimum absolute atomic E-state index is 0.0386. The van der Waals surface area contributed by atoms with Crippen molar-refractivity contribution in [2.75, 3.05) is 26.0 Å². The number of ether oxygens (including phenoxy) is 1. The highest BCUT2D eigenvalue weighted by Gasteiger charge is 2.49. The summed E-state index contributed by atoms with van der Waals surface area (Å²) in [6.45, 7) is 2.15. The van der Waals surface area contributed by atoms with Gasteiger partial charge in [-0.15, -0.1) is 0 Å². The predicted octanol–water partition coefficient (Wildman–Crippen LogP) is 2.86. The predicted molar refractivity (Wildman–Crippen MR) is 121 cm³/mol. The van der Waals surface area contributed by atoms with E-state index in [1.54, 1.807) is 14.0 Å². The molecule has 10 heteroatoms. The molecule has 0 saturated carbocycles. The van der Waals surface area contributed by atoms with E-state index in [9.17, 15) is 13.7 Å². The number of benzene rings is 1. The lowest BCUT2D eigenvalue weighted by molar-refractivity contribution is 0.0893. The molecule has 0 radical (unpaired) electrons. The molecular formula is C22H22N6O3S. The van der Waals surface area contributed by atoms with Crippen LogP contribution in [0.5, 0.6) is 5.75 Å². The molecule has 4 heterocycles. The zero-order chi connectivity index (χ0) is 22.5. The number of fused-ring (bicyclic) bond motifs is 2. The van der Waals surface area contributed by atoms with Gasteiger partial charge in [-0.2, -0.15) is 9.57 Å². The Labute approximate surface area is 185 Å². The Hall–Kier alpha value is -3.42. The molecule has 5 rings (SSSR count). The van der Waals surface area contributed by atoms with Gasteiger partial charge in [0.15, 0.2) is 0 Å². The van der Waals surface area contributed by atoms with Gasteiger partial charge in [0.1, 0.15) is 17.7 Å². The summed E-state index contributed by atoms with van der Waals surface area (Å²) in [5.74, 6) is 0.741. The van der Waals surface area contributed by atoms with Crippen molar-refractivity contribution in [2.24, 2.45) is 0 Å². The number of aromatic amines is 1. The molecule has 0 aliphatic carbocycles. The fraction of sp³-hybridized carbons (Fsp3) is 0.318. The van der Waals surface area contributed by atoms with Crippen LogP contribution in [0.2, 0.25) is 0 Å². The number of nitrogens with zero attached hydrogens (tertiary/aromatic N) is 5. The molecule has 164 valence electrons. The first-order valence-electron chi connectivity index (χ1n) is 10.3. The number of nitriles is 1. The number of rotatable bonds is 6. The SMILES string of the molecule is CCS(=O)(=O)N1CC(CC#N)(n2cc(-c3ncnc4[nH]ccc34)c3cc(OC)ccc32)C1. The molecule has 4 aromatic rings. The lowest BCUT2D eigenvalue weighted by atomic mass is 9.88. The van der Waals surface area contributed by atoms with Gasteiger partial charge in [0, 0.05) is 47.3 Å². The van der Waals surface area contributed by atoms with E-state index in [-0.39, 0.29) is 25.3 Å². The summed E-state index contributed by atoms with van der Waals surface area (Å²) in [5.41, 5.74) is 2.62. The van der Waals surface area contributed by atoms with Gasteiger partial charge in [0.2, 0.25) is 10.0 Å². The van der Waals surface area contributed by atoms with Gasteiger partial charge >= 0.3 is 0 Å². The first kappa shape index (κ1) is 20.5. The van der Waals surface area contributed by atoms with Crippen LogP contribution in [0.25, 0.3) is 33.2 Å². The van der Waals surface area contributed by atoms with Crippen molar-refractivity contribution in [3.63, 3.8) is 0 Å². The molecule has 3 aromatic heterocycles. The molecule has 1 aromatic carbocycles. The van der Waals surface area contributed by atoms with Crippen LogP contribution in [0.15, 0.2) is 43.0 Å². The third kappa shape index (κ3) is 2.97. The van der Waals surface area contributed by atoms with E-state index in [2.05, 4.69) is 21.0 Å². The van der Waals surface area contributed by atoms with E-state index in [1.807, 2.05) is 41.2 Å². The van der Waals surface area contributed by atoms with Crippen molar-refractivity contribution in [3.05, 3.63) is 43.0 Å². The Morgan fingerprint density at radius 2 is 2.06 bits per heavy atom. The Bertz CT molecular complexity index is 1470. The number of hydrogen-bond donors (Lipinski definition) is 1. The van der Waals surface area contributed by atoms with E-state index < -0.39 is 15.6 Å². The lowest BCUT2D eigenvalue weighted by Crippen LogP contribution is -2.64. The van der Waals surface area contributed by atoms with Crippen LogP contribution in [-0.2, 0) is 15.6 Å². The Morgan fingerprint density at radius 3 is 2.78 bits per heavy atom. The van der Waals surface area contributed by atoms with Crippen LogP contribution in [0.1, 0.15) is 13.3 Å². The number of nitrogens with one attached hydrogen (secondary N) is 1. The summed E-state index contributed by atoms with van der Waals surface area (Å²) in [5, 5.41) is 11.4. The summed E-state index contributed by atoms with van der Waals surface area (Å²) >= 11 is 0. The van der Waals surface area contributed by atoms with Gasteiger partial charge < -0.3 is 14.3 Å². The molecular weight excluding hydrogens is 428 g/mol. The molecule has 0 atom stereocenters. The molecule has 0 spiro atoms. The average molecular weight is 451 g/mol. The fourth-order valence-corrected chi connectivity index (χ4v) is 5.73. The topological polar surface area (TPSA) is 117 Å². The zero-order valence-corrected chi connectivity index (χ0v) is 18.6. The maximum Gasteiger partial charge on any atom is 0.213 e. The van der Waals surface area contributed by atoms with Crippen LogP contribution >= 0.6 is 0 Å². The van der Waals surface area contributed by atoms with Gasteiger partial charge in [-0.05, 0) is 31.2 Å². The van der Waals surface area contributed by atoms with Crippen molar-refractivity contribution in [1.82, 2.24) is 23.8 Å². The highest BCUT2D eigenvalue weighted by molar-refractivity contribution is 7.89. The zero-order valence-electron chi connectivity index (χ0n) is 17.7.